The first-order chi connectivity index (χ1) is 10.2. The molecule has 0 spiro atoms. The summed E-state index contributed by atoms with van der Waals surface area (Å²) >= 11 is 0. The van der Waals surface area contributed by atoms with E-state index in [1.807, 2.05) is 24.3 Å². The first-order valence-corrected chi connectivity index (χ1v) is 6.66. The van der Waals surface area contributed by atoms with Gasteiger partial charge in [0.25, 0.3) is 0 Å². The zero-order chi connectivity index (χ0) is 14.8. The smallest absolute Gasteiger partial charge is 0.328 e. The monoisotopic (exact) mass is 289 g/mol. The van der Waals surface area contributed by atoms with E-state index in [0.29, 0.717) is 13.2 Å². The molecular formula is C14H15N3O4. The number of benzene rings is 1. The van der Waals surface area contributed by atoms with E-state index in [4.69, 9.17) is 9.84 Å². The highest BCUT2D eigenvalue weighted by Gasteiger charge is 2.32. The van der Waals surface area contributed by atoms with Gasteiger partial charge in [-0.15, -0.1) is 0 Å². The molecule has 3 rings (SSSR count). The van der Waals surface area contributed by atoms with Crippen LogP contribution in [0.3, 0.4) is 0 Å². The molecule has 2 aromatic rings. The third-order valence-corrected chi connectivity index (χ3v) is 3.57. The second kappa shape index (κ2) is 5.53. The van der Waals surface area contributed by atoms with Crippen LogP contribution < -0.4 is 0 Å². The van der Waals surface area contributed by atoms with E-state index in [0.717, 1.165) is 11.0 Å². The minimum atomic E-state index is -1.04. The zero-order valence-corrected chi connectivity index (χ0v) is 11.3. The Kier molecular flexibility index (Phi) is 3.57. The molecule has 1 fully saturated rings. The van der Waals surface area contributed by atoms with Gasteiger partial charge in [-0.05, 0) is 12.1 Å². The van der Waals surface area contributed by atoms with Gasteiger partial charge in [0.05, 0.1) is 30.6 Å². The summed E-state index contributed by atoms with van der Waals surface area (Å²) in [5.41, 5.74) is 1.66. The lowest BCUT2D eigenvalue weighted by molar-refractivity contribution is -0.158. The van der Waals surface area contributed by atoms with E-state index in [9.17, 15) is 9.59 Å². The van der Waals surface area contributed by atoms with Gasteiger partial charge < -0.3 is 19.3 Å². The molecule has 21 heavy (non-hydrogen) atoms. The normalized spacial score (nSPS) is 18.9. The Morgan fingerprint density at radius 2 is 2.19 bits per heavy atom. The van der Waals surface area contributed by atoms with Crippen LogP contribution in [0, 0.1) is 0 Å². The van der Waals surface area contributed by atoms with E-state index in [2.05, 4.69) is 4.98 Å². The number of imidazole rings is 1. The molecule has 7 heteroatoms. The Labute approximate surface area is 120 Å². The van der Waals surface area contributed by atoms with Crippen molar-refractivity contribution in [2.75, 3.05) is 19.8 Å². The summed E-state index contributed by atoms with van der Waals surface area (Å²) in [4.78, 5) is 29.2. The number of morpholine rings is 1. The summed E-state index contributed by atoms with van der Waals surface area (Å²) in [6, 6.07) is 6.58. The van der Waals surface area contributed by atoms with E-state index >= 15 is 0 Å². The maximum Gasteiger partial charge on any atom is 0.328 e. The Balaban J connectivity index is 1.80. The predicted molar refractivity (Wildman–Crippen MR) is 73.7 cm³/mol. The predicted octanol–water partition coefficient (Wildman–Crippen LogP) is 0.348. The number of amides is 1. The highest BCUT2D eigenvalue weighted by atomic mass is 16.5. The van der Waals surface area contributed by atoms with Crippen molar-refractivity contribution < 1.29 is 19.4 Å². The molecule has 1 aliphatic heterocycles. The summed E-state index contributed by atoms with van der Waals surface area (Å²) in [6.45, 7) is 0.763. The maximum atomic E-state index is 12.4. The lowest BCUT2D eigenvalue weighted by Gasteiger charge is -2.32. The van der Waals surface area contributed by atoms with Crippen molar-refractivity contribution >= 4 is 22.9 Å². The first kappa shape index (κ1) is 13.6. The number of carboxylic acids is 1. The van der Waals surface area contributed by atoms with Crippen molar-refractivity contribution in [1.29, 1.82) is 0 Å². The molecule has 1 atom stereocenters. The molecule has 1 saturated heterocycles. The second-order valence-electron chi connectivity index (χ2n) is 4.88. The number of nitrogens with zero attached hydrogens (tertiary/aromatic N) is 3. The van der Waals surface area contributed by atoms with Gasteiger partial charge in [-0.3, -0.25) is 4.79 Å². The van der Waals surface area contributed by atoms with Crippen molar-refractivity contribution in [3.8, 4) is 0 Å². The SMILES string of the molecule is O=C(O)C1COCCN1C(=O)Cn1cnc2ccccc21. The van der Waals surface area contributed by atoms with E-state index in [-0.39, 0.29) is 19.1 Å². The summed E-state index contributed by atoms with van der Waals surface area (Å²) in [6.07, 6.45) is 1.60. The number of aliphatic carboxylic acids is 1. The Bertz CT molecular complexity index is 682. The van der Waals surface area contributed by atoms with Crippen molar-refractivity contribution in [1.82, 2.24) is 14.5 Å². The molecule has 2 heterocycles. The summed E-state index contributed by atoms with van der Waals surface area (Å²) in [5.74, 6) is -1.28. The van der Waals surface area contributed by atoms with Crippen molar-refractivity contribution in [2.45, 2.75) is 12.6 Å². The summed E-state index contributed by atoms with van der Waals surface area (Å²) in [5, 5.41) is 9.16. The van der Waals surface area contributed by atoms with Crippen molar-refractivity contribution in [2.24, 2.45) is 0 Å². The van der Waals surface area contributed by atoms with Gasteiger partial charge in [0, 0.05) is 6.54 Å². The van der Waals surface area contributed by atoms with Crippen LogP contribution >= 0.6 is 0 Å². The number of ether oxygens (including phenoxy) is 1. The van der Waals surface area contributed by atoms with E-state index in [1.165, 1.54) is 4.90 Å². The Morgan fingerprint density at radius 3 is 3.00 bits per heavy atom. The molecule has 1 unspecified atom stereocenters. The second-order valence-corrected chi connectivity index (χ2v) is 4.88. The molecule has 1 N–H and O–H groups in total. The Hall–Kier alpha value is -2.41. The fourth-order valence-electron chi connectivity index (χ4n) is 2.48. The number of rotatable bonds is 3. The van der Waals surface area contributed by atoms with Gasteiger partial charge in [0.2, 0.25) is 5.91 Å². The third-order valence-electron chi connectivity index (χ3n) is 3.57. The number of hydrogen-bond acceptors (Lipinski definition) is 4. The fraction of sp³-hybridized carbons (Fsp3) is 0.357. The van der Waals surface area contributed by atoms with Gasteiger partial charge in [-0.25, -0.2) is 9.78 Å². The highest BCUT2D eigenvalue weighted by Crippen LogP contribution is 2.14. The molecule has 1 aromatic heterocycles. The third kappa shape index (κ3) is 2.59. The Morgan fingerprint density at radius 1 is 1.38 bits per heavy atom. The number of hydrogen-bond donors (Lipinski definition) is 1. The van der Waals surface area contributed by atoms with Crippen molar-refractivity contribution in [3.63, 3.8) is 0 Å². The highest BCUT2D eigenvalue weighted by molar-refractivity contribution is 5.85. The topological polar surface area (TPSA) is 84.7 Å². The molecule has 0 saturated carbocycles. The van der Waals surface area contributed by atoms with Crippen LogP contribution in [0.4, 0.5) is 0 Å². The number of para-hydroxylation sites is 2. The lowest BCUT2D eigenvalue weighted by atomic mass is 10.2. The van der Waals surface area contributed by atoms with Crippen LogP contribution in [0.15, 0.2) is 30.6 Å². The maximum absolute atomic E-state index is 12.4. The molecule has 1 amide bonds. The molecule has 0 aliphatic carbocycles. The van der Waals surface area contributed by atoms with E-state index in [1.54, 1.807) is 10.9 Å². The van der Waals surface area contributed by atoms with Crippen LogP contribution in [-0.2, 0) is 20.9 Å². The van der Waals surface area contributed by atoms with Crippen LogP contribution in [-0.4, -0.2) is 57.2 Å². The molecule has 1 aromatic carbocycles. The number of carbonyl (C=O) groups excluding carboxylic acids is 1. The average Bonchev–Trinajstić information content (AvgIpc) is 2.90. The molecule has 1 aliphatic rings. The van der Waals surface area contributed by atoms with Crippen LogP contribution in [0.25, 0.3) is 11.0 Å². The molecule has 110 valence electrons. The van der Waals surface area contributed by atoms with Gasteiger partial charge >= 0.3 is 5.97 Å². The fourth-order valence-corrected chi connectivity index (χ4v) is 2.48. The van der Waals surface area contributed by atoms with Gasteiger partial charge in [-0.1, -0.05) is 12.1 Å². The van der Waals surface area contributed by atoms with Gasteiger partial charge in [0.15, 0.2) is 6.04 Å². The van der Waals surface area contributed by atoms with Crippen LogP contribution in [0.5, 0.6) is 0 Å². The summed E-state index contributed by atoms with van der Waals surface area (Å²) < 4.78 is 6.86. The number of carboxylic acid groups (broad SMARTS) is 1. The molecule has 0 bridgehead atoms. The minimum absolute atomic E-state index is 0.0335. The zero-order valence-electron chi connectivity index (χ0n) is 11.3. The quantitative estimate of drug-likeness (QED) is 0.881. The minimum Gasteiger partial charge on any atom is -0.480 e. The number of fused-ring (bicyclic) bond motifs is 1. The average molecular weight is 289 g/mol. The summed E-state index contributed by atoms with van der Waals surface area (Å²) in [7, 11) is 0. The van der Waals surface area contributed by atoms with E-state index < -0.39 is 12.0 Å². The molecular weight excluding hydrogens is 274 g/mol. The lowest BCUT2D eigenvalue weighted by Crippen LogP contribution is -2.53. The molecule has 0 radical (unpaired) electrons. The van der Waals surface area contributed by atoms with Crippen molar-refractivity contribution in [3.05, 3.63) is 30.6 Å². The standard InChI is InChI=1S/C14H15N3O4/c18-13(17-5-6-21-8-12(17)14(19)20)7-16-9-15-10-3-1-2-4-11(10)16/h1-4,9,12H,5-8H2,(H,19,20). The van der Waals surface area contributed by atoms with Crippen LogP contribution in [0.1, 0.15) is 0 Å². The molecule has 7 nitrogen and oxygen atoms in total. The van der Waals surface area contributed by atoms with Gasteiger partial charge in [-0.2, -0.15) is 0 Å². The number of aromatic nitrogens is 2. The van der Waals surface area contributed by atoms with Gasteiger partial charge in [0.1, 0.15) is 6.54 Å². The first-order valence-electron chi connectivity index (χ1n) is 6.66. The largest absolute Gasteiger partial charge is 0.480 e. The number of carbonyl (C=O) groups is 2. The van der Waals surface area contributed by atoms with Crippen LogP contribution in [0.2, 0.25) is 0 Å².